The predicted octanol–water partition coefficient (Wildman–Crippen LogP) is 2.00. The standard InChI is InChI=1S/C11H21NO2/c1-11(2,10(13)14)7-8-4-3-5-9(12)6-8/h8-9H,3-7,12H2,1-2H3,(H,13,14). The second kappa shape index (κ2) is 4.30. The molecule has 3 nitrogen and oxygen atoms in total. The van der Waals surface area contributed by atoms with Crippen molar-refractivity contribution in [2.24, 2.45) is 17.1 Å². The SMILES string of the molecule is CC(C)(CC1CCCC(N)C1)C(=O)O. The lowest BCUT2D eigenvalue weighted by molar-refractivity contribution is -0.148. The van der Waals surface area contributed by atoms with E-state index in [1.807, 2.05) is 0 Å². The third kappa shape index (κ3) is 2.98. The summed E-state index contributed by atoms with van der Waals surface area (Å²) in [5.41, 5.74) is 5.28. The molecule has 0 amide bonds. The smallest absolute Gasteiger partial charge is 0.309 e. The van der Waals surface area contributed by atoms with E-state index in [0.29, 0.717) is 12.0 Å². The molecule has 82 valence electrons. The van der Waals surface area contributed by atoms with Crippen LogP contribution in [0.15, 0.2) is 0 Å². The maximum absolute atomic E-state index is 10.9. The Bertz CT molecular complexity index is 213. The molecule has 1 rings (SSSR count). The zero-order valence-corrected chi connectivity index (χ0v) is 9.12. The number of carbonyl (C=O) groups is 1. The maximum Gasteiger partial charge on any atom is 0.309 e. The van der Waals surface area contributed by atoms with Crippen LogP contribution in [-0.2, 0) is 4.79 Å². The van der Waals surface area contributed by atoms with Gasteiger partial charge in [0.1, 0.15) is 0 Å². The molecular weight excluding hydrogens is 178 g/mol. The van der Waals surface area contributed by atoms with E-state index < -0.39 is 11.4 Å². The van der Waals surface area contributed by atoms with Gasteiger partial charge in [-0.1, -0.05) is 12.8 Å². The minimum absolute atomic E-state index is 0.290. The van der Waals surface area contributed by atoms with E-state index in [9.17, 15) is 4.79 Å². The molecule has 3 N–H and O–H groups in total. The Balaban J connectivity index is 2.47. The van der Waals surface area contributed by atoms with Crippen molar-refractivity contribution in [1.29, 1.82) is 0 Å². The number of rotatable bonds is 3. The van der Waals surface area contributed by atoms with Gasteiger partial charge in [0.05, 0.1) is 5.41 Å². The van der Waals surface area contributed by atoms with Gasteiger partial charge in [-0.25, -0.2) is 0 Å². The first-order valence-corrected chi connectivity index (χ1v) is 5.41. The van der Waals surface area contributed by atoms with Crippen LogP contribution in [0.3, 0.4) is 0 Å². The largest absolute Gasteiger partial charge is 0.481 e. The molecule has 14 heavy (non-hydrogen) atoms. The predicted molar refractivity (Wildman–Crippen MR) is 56.0 cm³/mol. The topological polar surface area (TPSA) is 63.3 Å². The van der Waals surface area contributed by atoms with Gasteiger partial charge >= 0.3 is 5.97 Å². The molecule has 2 atom stereocenters. The van der Waals surface area contributed by atoms with Crippen LogP contribution >= 0.6 is 0 Å². The lowest BCUT2D eigenvalue weighted by Gasteiger charge is -2.31. The summed E-state index contributed by atoms with van der Waals surface area (Å²) in [5, 5.41) is 9.01. The van der Waals surface area contributed by atoms with Gasteiger partial charge in [0.15, 0.2) is 0 Å². The molecule has 1 fully saturated rings. The highest BCUT2D eigenvalue weighted by atomic mass is 16.4. The van der Waals surface area contributed by atoms with Gasteiger partial charge in [0.25, 0.3) is 0 Å². The fourth-order valence-electron chi connectivity index (χ4n) is 2.33. The summed E-state index contributed by atoms with van der Waals surface area (Å²) in [6.45, 7) is 3.60. The summed E-state index contributed by atoms with van der Waals surface area (Å²) in [7, 11) is 0. The molecule has 0 radical (unpaired) electrons. The van der Waals surface area contributed by atoms with Crippen LogP contribution < -0.4 is 5.73 Å². The van der Waals surface area contributed by atoms with Crippen molar-refractivity contribution in [2.75, 3.05) is 0 Å². The summed E-state index contributed by atoms with van der Waals surface area (Å²) in [4.78, 5) is 10.9. The molecule has 0 heterocycles. The molecule has 1 aliphatic rings. The van der Waals surface area contributed by atoms with Crippen LogP contribution in [0, 0.1) is 11.3 Å². The summed E-state index contributed by atoms with van der Waals surface area (Å²) in [6.07, 6.45) is 5.16. The quantitative estimate of drug-likeness (QED) is 0.730. The van der Waals surface area contributed by atoms with Gasteiger partial charge in [0, 0.05) is 6.04 Å². The first-order valence-electron chi connectivity index (χ1n) is 5.41. The van der Waals surface area contributed by atoms with Crippen molar-refractivity contribution in [3.05, 3.63) is 0 Å². The fourth-order valence-corrected chi connectivity index (χ4v) is 2.33. The van der Waals surface area contributed by atoms with Crippen LogP contribution in [0.5, 0.6) is 0 Å². The van der Waals surface area contributed by atoms with Crippen molar-refractivity contribution in [2.45, 2.75) is 52.0 Å². The zero-order valence-electron chi connectivity index (χ0n) is 9.12. The minimum Gasteiger partial charge on any atom is -0.481 e. The summed E-state index contributed by atoms with van der Waals surface area (Å²) in [6, 6.07) is 0.290. The molecule has 0 bridgehead atoms. The van der Waals surface area contributed by atoms with E-state index in [-0.39, 0.29) is 0 Å². The van der Waals surface area contributed by atoms with Gasteiger partial charge in [-0.3, -0.25) is 4.79 Å². The van der Waals surface area contributed by atoms with Crippen LogP contribution in [0.25, 0.3) is 0 Å². The van der Waals surface area contributed by atoms with Crippen LogP contribution in [0.2, 0.25) is 0 Å². The Morgan fingerprint density at radius 2 is 2.14 bits per heavy atom. The molecule has 0 aromatic carbocycles. The Morgan fingerprint density at radius 3 is 2.64 bits per heavy atom. The number of hydrogen-bond acceptors (Lipinski definition) is 2. The molecule has 0 spiro atoms. The lowest BCUT2D eigenvalue weighted by atomic mass is 9.75. The average Bonchev–Trinajstić information content (AvgIpc) is 2.02. The lowest BCUT2D eigenvalue weighted by Crippen LogP contribution is -2.33. The first kappa shape index (κ1) is 11.5. The van der Waals surface area contributed by atoms with E-state index in [1.54, 1.807) is 13.8 Å². The third-order valence-electron chi connectivity index (χ3n) is 3.20. The van der Waals surface area contributed by atoms with Crippen molar-refractivity contribution >= 4 is 5.97 Å². The van der Waals surface area contributed by atoms with E-state index >= 15 is 0 Å². The molecule has 0 aromatic rings. The normalized spacial score (nSPS) is 28.8. The van der Waals surface area contributed by atoms with Crippen LogP contribution in [0.4, 0.5) is 0 Å². The highest BCUT2D eigenvalue weighted by Gasteiger charge is 2.32. The first-order chi connectivity index (χ1) is 6.42. The van der Waals surface area contributed by atoms with Crippen molar-refractivity contribution in [3.63, 3.8) is 0 Å². The Kier molecular flexibility index (Phi) is 3.53. The summed E-state index contributed by atoms with van der Waals surface area (Å²) < 4.78 is 0. The van der Waals surface area contributed by atoms with E-state index in [1.165, 1.54) is 0 Å². The Labute approximate surface area is 85.7 Å². The van der Waals surface area contributed by atoms with Crippen molar-refractivity contribution in [3.8, 4) is 0 Å². The second-order valence-electron chi connectivity index (χ2n) is 5.19. The van der Waals surface area contributed by atoms with Gasteiger partial charge in [-0.2, -0.15) is 0 Å². The molecule has 0 saturated heterocycles. The van der Waals surface area contributed by atoms with Crippen LogP contribution in [-0.4, -0.2) is 17.1 Å². The fraction of sp³-hybridized carbons (Fsp3) is 0.909. The molecule has 2 unspecified atom stereocenters. The molecular formula is C11H21NO2. The van der Waals surface area contributed by atoms with E-state index in [4.69, 9.17) is 10.8 Å². The van der Waals surface area contributed by atoms with Gasteiger partial charge in [-0.05, 0) is 39.0 Å². The number of hydrogen-bond donors (Lipinski definition) is 2. The summed E-state index contributed by atoms with van der Waals surface area (Å²) >= 11 is 0. The van der Waals surface area contributed by atoms with Gasteiger partial charge in [0.2, 0.25) is 0 Å². The highest BCUT2D eigenvalue weighted by molar-refractivity contribution is 5.73. The maximum atomic E-state index is 10.9. The Hall–Kier alpha value is -0.570. The van der Waals surface area contributed by atoms with E-state index in [2.05, 4.69) is 0 Å². The van der Waals surface area contributed by atoms with Crippen molar-refractivity contribution < 1.29 is 9.90 Å². The molecule has 1 aliphatic carbocycles. The number of nitrogens with two attached hydrogens (primary N) is 1. The number of aliphatic carboxylic acids is 1. The van der Waals surface area contributed by atoms with Gasteiger partial charge in [-0.15, -0.1) is 0 Å². The van der Waals surface area contributed by atoms with Gasteiger partial charge < -0.3 is 10.8 Å². The number of carboxylic acids is 1. The molecule has 1 saturated carbocycles. The molecule has 0 aromatic heterocycles. The van der Waals surface area contributed by atoms with Crippen molar-refractivity contribution in [1.82, 2.24) is 0 Å². The number of carboxylic acid groups (broad SMARTS) is 1. The molecule has 3 heteroatoms. The minimum atomic E-state index is -0.698. The monoisotopic (exact) mass is 199 g/mol. The zero-order chi connectivity index (χ0) is 10.8. The average molecular weight is 199 g/mol. The molecule has 0 aliphatic heterocycles. The summed E-state index contributed by atoms with van der Waals surface area (Å²) in [5.74, 6) is -0.193. The second-order valence-corrected chi connectivity index (χ2v) is 5.19. The van der Waals surface area contributed by atoms with Crippen LogP contribution in [0.1, 0.15) is 46.0 Å². The third-order valence-corrected chi connectivity index (χ3v) is 3.20. The van der Waals surface area contributed by atoms with E-state index in [0.717, 1.165) is 32.1 Å². The Morgan fingerprint density at radius 1 is 1.50 bits per heavy atom. The highest BCUT2D eigenvalue weighted by Crippen LogP contribution is 2.34.